The van der Waals surface area contributed by atoms with Crippen LogP contribution in [0.4, 0.5) is 0 Å². The maximum absolute atomic E-state index is 14.0. The van der Waals surface area contributed by atoms with Gasteiger partial charge in [-0.1, -0.05) is 23.5 Å². The highest BCUT2D eigenvalue weighted by molar-refractivity contribution is 9.10. The van der Waals surface area contributed by atoms with E-state index in [1.54, 1.807) is 56.3 Å². The Bertz CT molecular complexity index is 1920. The quantitative estimate of drug-likeness (QED) is 0.275. The Balaban J connectivity index is 1.65. The molecule has 10 nitrogen and oxygen atoms in total. The van der Waals surface area contributed by atoms with E-state index in [0.29, 0.717) is 53.6 Å². The highest BCUT2D eigenvalue weighted by Gasteiger charge is 2.35. The normalized spacial score (nSPS) is 14.8. The lowest BCUT2D eigenvalue weighted by Gasteiger charge is -2.26. The van der Waals surface area contributed by atoms with Crippen molar-refractivity contribution in [2.75, 3.05) is 20.8 Å². The minimum atomic E-state index is -1.02. The van der Waals surface area contributed by atoms with Gasteiger partial charge in [0.2, 0.25) is 0 Å². The molecule has 1 N–H and O–H groups in total. The van der Waals surface area contributed by atoms with E-state index in [0.717, 1.165) is 11.3 Å². The Morgan fingerprint density at radius 3 is 2.48 bits per heavy atom. The summed E-state index contributed by atoms with van der Waals surface area (Å²) >= 11 is 4.67. The van der Waals surface area contributed by atoms with E-state index in [1.165, 1.54) is 30.9 Å². The van der Waals surface area contributed by atoms with E-state index in [4.69, 9.17) is 23.7 Å². The van der Waals surface area contributed by atoms with Crippen molar-refractivity contribution in [2.45, 2.75) is 19.9 Å². The number of rotatable bonds is 8. The van der Waals surface area contributed by atoms with Gasteiger partial charge in [-0.25, -0.2) is 14.6 Å². The Morgan fingerprint density at radius 2 is 1.83 bits per heavy atom. The molecule has 0 bridgehead atoms. The SMILES string of the molecule is CCOC(=O)C1=C(C)N=c2sc(=Cc3ccc(-c4ccc(C(=O)O)cc4)o3)c(=O)n2C1c1cc(Br)c(OC)cc1OC. The molecule has 1 aliphatic heterocycles. The van der Waals surface area contributed by atoms with Gasteiger partial charge in [-0.3, -0.25) is 9.36 Å². The van der Waals surface area contributed by atoms with Gasteiger partial charge in [-0.2, -0.15) is 0 Å². The summed E-state index contributed by atoms with van der Waals surface area (Å²) in [6.45, 7) is 3.56. The number of carboxylic acid groups (broad SMARTS) is 1. The minimum Gasteiger partial charge on any atom is -0.496 e. The molecule has 2 aromatic carbocycles. The molecule has 4 aromatic rings. The molecule has 3 heterocycles. The van der Waals surface area contributed by atoms with Gasteiger partial charge in [0.05, 0.1) is 46.7 Å². The fourth-order valence-corrected chi connectivity index (χ4v) is 6.22. The number of aromatic nitrogens is 1. The van der Waals surface area contributed by atoms with Gasteiger partial charge in [0, 0.05) is 23.3 Å². The van der Waals surface area contributed by atoms with E-state index in [1.807, 2.05) is 0 Å². The average Bonchev–Trinajstić information content (AvgIpc) is 3.56. The van der Waals surface area contributed by atoms with Crippen molar-refractivity contribution in [2.24, 2.45) is 4.99 Å². The van der Waals surface area contributed by atoms with Crippen LogP contribution in [0, 0.1) is 0 Å². The van der Waals surface area contributed by atoms with Crippen LogP contribution in [-0.4, -0.2) is 42.4 Å². The van der Waals surface area contributed by atoms with Crippen LogP contribution >= 0.6 is 27.3 Å². The summed E-state index contributed by atoms with van der Waals surface area (Å²) in [4.78, 5) is 43.3. The van der Waals surface area contributed by atoms with Crippen LogP contribution in [0.2, 0.25) is 0 Å². The number of carbonyl (C=O) groups excluding carboxylic acids is 1. The number of allylic oxidation sites excluding steroid dienone is 1. The van der Waals surface area contributed by atoms with Crippen molar-refractivity contribution in [3.8, 4) is 22.8 Å². The Labute approximate surface area is 251 Å². The van der Waals surface area contributed by atoms with Gasteiger partial charge in [-0.05, 0) is 60.1 Å². The zero-order valence-corrected chi connectivity index (χ0v) is 25.4. The number of halogens is 1. The molecular formula is C30H25BrN2O8S. The summed E-state index contributed by atoms with van der Waals surface area (Å²) in [7, 11) is 3.03. The molecule has 0 radical (unpaired) electrons. The van der Waals surface area contributed by atoms with Crippen LogP contribution < -0.4 is 24.4 Å². The van der Waals surface area contributed by atoms with E-state index < -0.39 is 18.0 Å². The lowest BCUT2D eigenvalue weighted by Crippen LogP contribution is -2.40. The summed E-state index contributed by atoms with van der Waals surface area (Å²) < 4.78 is 24.8. The largest absolute Gasteiger partial charge is 0.496 e. The van der Waals surface area contributed by atoms with E-state index >= 15 is 0 Å². The fourth-order valence-electron chi connectivity index (χ4n) is 4.67. The third kappa shape index (κ3) is 5.30. The van der Waals surface area contributed by atoms with Gasteiger partial charge in [0.15, 0.2) is 4.80 Å². The molecule has 0 saturated heterocycles. The fraction of sp³-hybridized carbons (Fsp3) is 0.200. The van der Waals surface area contributed by atoms with Crippen molar-refractivity contribution in [1.29, 1.82) is 0 Å². The molecule has 1 aliphatic rings. The summed E-state index contributed by atoms with van der Waals surface area (Å²) in [6, 6.07) is 12.3. The first-order valence-electron chi connectivity index (χ1n) is 12.7. The van der Waals surface area contributed by atoms with Gasteiger partial charge >= 0.3 is 11.9 Å². The molecule has 0 amide bonds. The van der Waals surface area contributed by atoms with Crippen LogP contribution in [0.5, 0.6) is 11.5 Å². The van der Waals surface area contributed by atoms with Crippen LogP contribution in [0.25, 0.3) is 17.4 Å². The number of methoxy groups -OCH3 is 2. The van der Waals surface area contributed by atoms with Crippen molar-refractivity contribution in [3.05, 3.63) is 101 Å². The topological polar surface area (TPSA) is 130 Å². The zero-order valence-electron chi connectivity index (χ0n) is 23.0. The van der Waals surface area contributed by atoms with Crippen LogP contribution in [0.3, 0.4) is 0 Å². The predicted molar refractivity (Wildman–Crippen MR) is 159 cm³/mol. The summed E-state index contributed by atoms with van der Waals surface area (Å²) in [5.74, 6) is 0.258. The molecule has 216 valence electrons. The number of aromatic carboxylic acids is 1. The first-order valence-corrected chi connectivity index (χ1v) is 14.3. The highest BCUT2D eigenvalue weighted by atomic mass is 79.9. The molecular weight excluding hydrogens is 628 g/mol. The second-order valence-electron chi connectivity index (χ2n) is 9.12. The van der Waals surface area contributed by atoms with Gasteiger partial charge in [-0.15, -0.1) is 0 Å². The number of hydrogen-bond donors (Lipinski definition) is 1. The lowest BCUT2D eigenvalue weighted by atomic mass is 9.95. The maximum atomic E-state index is 14.0. The first kappa shape index (κ1) is 29.1. The van der Waals surface area contributed by atoms with E-state index in [9.17, 15) is 14.4 Å². The molecule has 2 aromatic heterocycles. The number of hydrogen-bond acceptors (Lipinski definition) is 9. The predicted octanol–water partition coefficient (Wildman–Crippen LogP) is 4.54. The Hall–Kier alpha value is -4.42. The number of nitrogens with zero attached hydrogens (tertiary/aromatic N) is 2. The summed E-state index contributed by atoms with van der Waals surface area (Å²) in [5.41, 5.74) is 1.66. The van der Waals surface area contributed by atoms with Crippen LogP contribution in [-0.2, 0) is 9.53 Å². The Kier molecular flexibility index (Phi) is 8.19. The van der Waals surface area contributed by atoms with Gasteiger partial charge in [0.25, 0.3) is 5.56 Å². The maximum Gasteiger partial charge on any atom is 0.338 e. The number of ether oxygens (including phenoxy) is 3. The molecule has 1 unspecified atom stereocenters. The monoisotopic (exact) mass is 652 g/mol. The van der Waals surface area contributed by atoms with Gasteiger partial charge < -0.3 is 23.7 Å². The second kappa shape index (κ2) is 11.8. The van der Waals surface area contributed by atoms with Crippen molar-refractivity contribution >= 4 is 45.3 Å². The molecule has 0 spiro atoms. The highest BCUT2D eigenvalue weighted by Crippen LogP contribution is 2.41. The molecule has 12 heteroatoms. The van der Waals surface area contributed by atoms with Crippen LogP contribution in [0.15, 0.2) is 78.5 Å². The molecule has 0 saturated carbocycles. The van der Waals surface area contributed by atoms with Crippen molar-refractivity contribution in [3.63, 3.8) is 0 Å². The standard InChI is InChI=1S/C30H25BrN2O8S/c1-5-40-29(37)25-15(2)32-30-33(26(25)19-13-20(31)23(39-4)14-22(19)38-3)27(34)24(42-30)12-18-10-11-21(41-18)16-6-8-17(9-7-16)28(35)36/h6-14,26H,5H2,1-4H3,(H,35,36). The lowest BCUT2D eigenvalue weighted by molar-refractivity contribution is -0.139. The number of esters is 1. The number of carbonyl (C=O) groups is 2. The number of fused-ring (bicyclic) bond motifs is 1. The number of carboxylic acids is 1. The molecule has 42 heavy (non-hydrogen) atoms. The summed E-state index contributed by atoms with van der Waals surface area (Å²) in [5, 5.41) is 9.15. The zero-order chi connectivity index (χ0) is 30.1. The van der Waals surface area contributed by atoms with Crippen molar-refractivity contribution in [1.82, 2.24) is 4.57 Å². The number of benzene rings is 2. The Morgan fingerprint density at radius 1 is 1.12 bits per heavy atom. The smallest absolute Gasteiger partial charge is 0.338 e. The van der Waals surface area contributed by atoms with Crippen LogP contribution in [0.1, 0.15) is 41.6 Å². The number of thiazole rings is 1. The minimum absolute atomic E-state index is 0.149. The van der Waals surface area contributed by atoms with Gasteiger partial charge in [0.1, 0.15) is 29.1 Å². The number of furan rings is 1. The summed E-state index contributed by atoms with van der Waals surface area (Å²) in [6.07, 6.45) is 1.61. The molecule has 5 rings (SSSR count). The molecule has 1 atom stereocenters. The molecule has 0 fully saturated rings. The first-order chi connectivity index (χ1) is 20.2. The third-order valence-electron chi connectivity index (χ3n) is 6.63. The second-order valence-corrected chi connectivity index (χ2v) is 11.0. The average molecular weight is 654 g/mol. The van der Waals surface area contributed by atoms with Crippen molar-refractivity contribution < 1.29 is 33.3 Å². The van der Waals surface area contributed by atoms with E-state index in [2.05, 4.69) is 20.9 Å². The van der Waals surface area contributed by atoms with E-state index in [-0.39, 0.29) is 23.3 Å². The third-order valence-corrected chi connectivity index (χ3v) is 8.23. The molecule has 0 aliphatic carbocycles.